The van der Waals surface area contributed by atoms with Crippen molar-refractivity contribution in [2.45, 2.75) is 51.9 Å². The maximum Gasteiger partial charge on any atom is 0.252 e. The highest BCUT2D eigenvalue weighted by molar-refractivity contribution is 5.94. The minimum atomic E-state index is -0.0420. The first-order chi connectivity index (χ1) is 10.8. The van der Waals surface area contributed by atoms with Gasteiger partial charge >= 0.3 is 0 Å². The van der Waals surface area contributed by atoms with Crippen molar-refractivity contribution in [1.29, 1.82) is 0 Å². The number of hydrogen-bond acceptors (Lipinski definition) is 3. The third-order valence-electron chi connectivity index (χ3n) is 3.98. The largest absolute Gasteiger partial charge is 0.383 e. The number of allylic oxidation sites excluding steroid dienone is 1. The summed E-state index contributed by atoms with van der Waals surface area (Å²) in [5.41, 5.74) is 3.10. The van der Waals surface area contributed by atoms with Crippen LogP contribution in [0.1, 0.15) is 62.2 Å². The van der Waals surface area contributed by atoms with Crippen molar-refractivity contribution >= 4 is 11.6 Å². The second kappa shape index (κ2) is 9.23. The van der Waals surface area contributed by atoms with Crippen LogP contribution in [0.15, 0.2) is 30.1 Å². The Labute approximate surface area is 133 Å². The van der Waals surface area contributed by atoms with Gasteiger partial charge in [-0.05, 0) is 44.6 Å². The molecule has 0 bridgehead atoms. The third kappa shape index (κ3) is 5.51. The van der Waals surface area contributed by atoms with Crippen molar-refractivity contribution in [3.05, 3.63) is 35.7 Å². The molecule has 0 saturated carbocycles. The quantitative estimate of drug-likeness (QED) is 0.565. The Bertz CT molecular complexity index is 511. The van der Waals surface area contributed by atoms with E-state index in [1.807, 2.05) is 6.07 Å². The molecule has 1 amide bonds. The highest BCUT2D eigenvalue weighted by atomic mass is 16.1. The Balaban J connectivity index is 1.80. The number of amides is 1. The van der Waals surface area contributed by atoms with E-state index < -0.39 is 0 Å². The molecule has 4 heteroatoms. The van der Waals surface area contributed by atoms with Gasteiger partial charge in [-0.15, -0.1) is 0 Å². The first-order valence-corrected chi connectivity index (χ1v) is 8.44. The van der Waals surface area contributed by atoms with Crippen molar-refractivity contribution in [2.75, 3.05) is 18.4 Å². The van der Waals surface area contributed by atoms with Crippen molar-refractivity contribution in [3.8, 4) is 0 Å². The summed E-state index contributed by atoms with van der Waals surface area (Å²) in [6, 6.07) is 1.88. The Morgan fingerprint density at radius 2 is 2.18 bits per heavy atom. The number of carbonyl (C=O) groups excluding carboxylic acids is 1. The normalized spacial score (nSPS) is 14.3. The van der Waals surface area contributed by atoms with Crippen LogP contribution in [0.3, 0.4) is 0 Å². The fraction of sp³-hybridized carbons (Fsp3) is 0.556. The average Bonchev–Trinajstić information content (AvgIpc) is 2.56. The van der Waals surface area contributed by atoms with Gasteiger partial charge in [0, 0.05) is 25.5 Å². The molecule has 0 unspecified atom stereocenters. The molecule has 2 rings (SSSR count). The molecule has 1 heterocycles. The van der Waals surface area contributed by atoms with E-state index in [2.05, 4.69) is 28.6 Å². The second-order valence-corrected chi connectivity index (χ2v) is 5.86. The van der Waals surface area contributed by atoms with Gasteiger partial charge in [-0.1, -0.05) is 25.0 Å². The Morgan fingerprint density at radius 3 is 2.95 bits per heavy atom. The van der Waals surface area contributed by atoms with E-state index >= 15 is 0 Å². The Morgan fingerprint density at radius 1 is 1.27 bits per heavy atom. The second-order valence-electron chi connectivity index (χ2n) is 5.86. The molecule has 1 aliphatic rings. The van der Waals surface area contributed by atoms with E-state index in [0.717, 1.165) is 38.0 Å². The number of carbonyl (C=O) groups is 1. The molecular formula is C18H27N3O. The molecule has 0 aromatic carbocycles. The standard InChI is InChI=1S/C18H27N3O/c1-2-3-10-21-18(22)16-12-17(14-19-13-16)20-11-9-15-7-5-4-6-8-15/h7,12-14,20H,2-6,8-11H2,1H3,(H,21,22). The fourth-order valence-corrected chi connectivity index (χ4v) is 2.64. The van der Waals surface area contributed by atoms with Crippen LogP contribution in [0, 0.1) is 0 Å². The van der Waals surface area contributed by atoms with E-state index in [4.69, 9.17) is 0 Å². The van der Waals surface area contributed by atoms with E-state index in [-0.39, 0.29) is 5.91 Å². The maximum atomic E-state index is 12.0. The number of nitrogens with zero attached hydrogens (tertiary/aromatic N) is 1. The molecule has 1 aliphatic carbocycles. The van der Waals surface area contributed by atoms with Crippen LogP contribution in [0.5, 0.6) is 0 Å². The summed E-state index contributed by atoms with van der Waals surface area (Å²) >= 11 is 0. The molecule has 120 valence electrons. The van der Waals surface area contributed by atoms with Crippen LogP contribution in [-0.4, -0.2) is 24.0 Å². The third-order valence-corrected chi connectivity index (χ3v) is 3.98. The van der Waals surface area contributed by atoms with Crippen LogP contribution < -0.4 is 10.6 Å². The van der Waals surface area contributed by atoms with Crippen LogP contribution in [-0.2, 0) is 0 Å². The molecular weight excluding hydrogens is 274 g/mol. The number of anilines is 1. The topological polar surface area (TPSA) is 54.0 Å². The molecule has 0 spiro atoms. The molecule has 1 aromatic rings. The smallest absolute Gasteiger partial charge is 0.252 e. The van der Waals surface area contributed by atoms with Crippen LogP contribution in [0.2, 0.25) is 0 Å². The molecule has 0 fully saturated rings. The molecule has 0 saturated heterocycles. The lowest BCUT2D eigenvalue weighted by atomic mass is 9.97. The van der Waals surface area contributed by atoms with Crippen molar-refractivity contribution in [3.63, 3.8) is 0 Å². The number of unbranched alkanes of at least 4 members (excludes halogenated alkanes) is 1. The van der Waals surface area contributed by atoms with Gasteiger partial charge < -0.3 is 10.6 Å². The summed E-state index contributed by atoms with van der Waals surface area (Å²) < 4.78 is 0. The molecule has 2 N–H and O–H groups in total. The number of rotatable bonds is 8. The zero-order valence-electron chi connectivity index (χ0n) is 13.5. The van der Waals surface area contributed by atoms with Gasteiger partial charge in [0.1, 0.15) is 0 Å². The highest BCUT2D eigenvalue weighted by Crippen LogP contribution is 2.20. The SMILES string of the molecule is CCCCNC(=O)c1cncc(NCCC2=CCCCC2)c1. The van der Waals surface area contributed by atoms with Crippen LogP contribution in [0.25, 0.3) is 0 Å². The Kier molecular flexibility index (Phi) is 6.94. The van der Waals surface area contributed by atoms with Crippen molar-refractivity contribution in [2.24, 2.45) is 0 Å². The monoisotopic (exact) mass is 301 g/mol. The molecule has 4 nitrogen and oxygen atoms in total. The molecule has 0 aliphatic heterocycles. The van der Waals surface area contributed by atoms with Gasteiger partial charge in [-0.2, -0.15) is 0 Å². The zero-order valence-corrected chi connectivity index (χ0v) is 13.5. The number of nitrogens with one attached hydrogen (secondary N) is 2. The minimum Gasteiger partial charge on any atom is -0.383 e. The number of pyridine rings is 1. The van der Waals surface area contributed by atoms with E-state index in [1.165, 1.54) is 25.7 Å². The summed E-state index contributed by atoms with van der Waals surface area (Å²) in [5.74, 6) is -0.0420. The van der Waals surface area contributed by atoms with Crippen molar-refractivity contribution in [1.82, 2.24) is 10.3 Å². The summed E-state index contributed by atoms with van der Waals surface area (Å²) in [6.07, 6.45) is 14.0. The lowest BCUT2D eigenvalue weighted by molar-refractivity contribution is 0.0953. The number of hydrogen-bond donors (Lipinski definition) is 2. The summed E-state index contributed by atoms with van der Waals surface area (Å²) in [5, 5.41) is 6.29. The summed E-state index contributed by atoms with van der Waals surface area (Å²) in [7, 11) is 0. The van der Waals surface area contributed by atoms with Gasteiger partial charge in [0.25, 0.3) is 5.91 Å². The predicted octanol–water partition coefficient (Wildman–Crippen LogP) is 3.91. The van der Waals surface area contributed by atoms with E-state index in [9.17, 15) is 4.79 Å². The lowest BCUT2D eigenvalue weighted by Gasteiger charge is -2.13. The van der Waals surface area contributed by atoms with Crippen molar-refractivity contribution < 1.29 is 4.79 Å². The summed E-state index contributed by atoms with van der Waals surface area (Å²) in [6.45, 7) is 3.73. The zero-order chi connectivity index (χ0) is 15.6. The van der Waals surface area contributed by atoms with E-state index in [1.54, 1.807) is 18.0 Å². The first-order valence-electron chi connectivity index (χ1n) is 8.44. The van der Waals surface area contributed by atoms with Gasteiger partial charge in [-0.3, -0.25) is 9.78 Å². The average molecular weight is 301 g/mol. The Hall–Kier alpha value is -1.84. The van der Waals surface area contributed by atoms with Gasteiger partial charge in [-0.25, -0.2) is 0 Å². The van der Waals surface area contributed by atoms with Crippen LogP contribution >= 0.6 is 0 Å². The van der Waals surface area contributed by atoms with Gasteiger partial charge in [0.15, 0.2) is 0 Å². The summed E-state index contributed by atoms with van der Waals surface area (Å²) in [4.78, 5) is 16.2. The van der Waals surface area contributed by atoms with Crippen LogP contribution in [0.4, 0.5) is 5.69 Å². The predicted molar refractivity (Wildman–Crippen MR) is 91.1 cm³/mol. The molecule has 0 radical (unpaired) electrons. The van der Waals surface area contributed by atoms with Gasteiger partial charge in [0.2, 0.25) is 0 Å². The lowest BCUT2D eigenvalue weighted by Crippen LogP contribution is -2.24. The number of aromatic nitrogens is 1. The van der Waals surface area contributed by atoms with E-state index in [0.29, 0.717) is 5.56 Å². The van der Waals surface area contributed by atoms with Gasteiger partial charge in [0.05, 0.1) is 11.3 Å². The molecule has 0 atom stereocenters. The maximum absolute atomic E-state index is 12.0. The molecule has 22 heavy (non-hydrogen) atoms. The first kappa shape index (κ1) is 16.5. The fourth-order valence-electron chi connectivity index (χ4n) is 2.64. The highest BCUT2D eigenvalue weighted by Gasteiger charge is 2.07. The molecule has 1 aromatic heterocycles. The minimum absolute atomic E-state index is 0.0420.